The lowest BCUT2D eigenvalue weighted by Gasteiger charge is -2.27. The van der Waals surface area contributed by atoms with Crippen LogP contribution in [0.3, 0.4) is 0 Å². The Morgan fingerprint density at radius 3 is 0.887 bits per heavy atom. The molecule has 0 bridgehead atoms. The van der Waals surface area contributed by atoms with Crippen molar-refractivity contribution in [1.82, 2.24) is 18.3 Å². The zero-order chi connectivity index (χ0) is 94.2. The molecule has 0 amide bonds. The molecule has 0 fully saturated rings. The van der Waals surface area contributed by atoms with Gasteiger partial charge in [0.1, 0.15) is 0 Å². The van der Waals surface area contributed by atoms with Gasteiger partial charge in [0.15, 0.2) is 0 Å². The molecule has 28 rings (SSSR count). The Morgan fingerprint density at radius 2 is 0.486 bits per heavy atom. The van der Waals surface area contributed by atoms with Gasteiger partial charge < -0.3 is 33.4 Å². The summed E-state index contributed by atoms with van der Waals surface area (Å²) in [5.41, 5.74) is 34.2. The van der Waals surface area contributed by atoms with E-state index in [4.69, 9.17) is 0 Å². The van der Waals surface area contributed by atoms with E-state index in [1.165, 1.54) is 142 Å². The van der Waals surface area contributed by atoms with Crippen molar-refractivity contribution in [2.24, 2.45) is 0 Å². The van der Waals surface area contributed by atoms with Gasteiger partial charge in [-0.25, -0.2) is 0 Å². The largest absolute Gasteiger partial charge is 0.355 e. The SMILES string of the molecule is Brc1ccc2c(c1)-c1cc(Br)ccc1C2c1ccc(-c2ccccc2)cc1.c1ccc(-c2ccc(-n3c4ccc(N(c5ccc6c(c5)c5ccccc5n6-c5ccccc5)c5cccc6ccccc56)cc4c4cc(N(c5ccc6c(c5)c5ccccc5n6-c5ccccc5)c5cccc6ccccc56)ccc43)cc2)cc1.c1ccc(-n2c3ccccc3c3cc(Nc4cccc5ccccc45)ccc32)cc1. The van der Waals surface area contributed by atoms with E-state index in [-0.39, 0.29) is 5.92 Å². The molecule has 0 atom stereocenters. The van der Waals surface area contributed by atoms with Crippen molar-refractivity contribution in [1.29, 1.82) is 0 Å². The quantitative estimate of drug-likeness (QED) is 0.111. The Balaban J connectivity index is 0.000000146. The summed E-state index contributed by atoms with van der Waals surface area (Å²) in [7, 11) is 0. The molecule has 0 aliphatic heterocycles. The highest BCUT2D eigenvalue weighted by Crippen LogP contribution is 2.53. The van der Waals surface area contributed by atoms with Gasteiger partial charge in [0, 0.05) is 131 Å². The van der Waals surface area contributed by atoms with Crippen molar-refractivity contribution in [3.63, 3.8) is 0 Å². The van der Waals surface area contributed by atoms with E-state index in [1.807, 2.05) is 0 Å². The predicted octanol–water partition coefficient (Wildman–Crippen LogP) is 37.6. The fourth-order valence-electron chi connectivity index (χ4n) is 22.0. The lowest BCUT2D eigenvalue weighted by Crippen LogP contribution is -2.10. The number of nitrogens with one attached hydrogen (secondary N) is 1. The van der Waals surface area contributed by atoms with Crippen LogP contribution in [0.1, 0.15) is 22.6 Å². The van der Waals surface area contributed by atoms with Crippen LogP contribution in [0.25, 0.3) is 176 Å². The minimum absolute atomic E-state index is 0.279. The summed E-state index contributed by atoms with van der Waals surface area (Å²) in [6.07, 6.45) is 0. The van der Waals surface area contributed by atoms with Gasteiger partial charge in [-0.2, -0.15) is 0 Å². The second-order valence-electron chi connectivity index (χ2n) is 36.6. The van der Waals surface area contributed by atoms with Crippen molar-refractivity contribution >= 4 is 197 Å². The fourth-order valence-corrected chi connectivity index (χ4v) is 22.7. The first-order chi connectivity index (χ1) is 70.3. The van der Waals surface area contributed by atoms with Crippen LogP contribution in [0.2, 0.25) is 0 Å². The zero-order valence-corrected chi connectivity index (χ0v) is 80.4. The molecule has 0 radical (unpaired) electrons. The number of aromatic nitrogens is 4. The molecule has 0 unspecified atom stereocenters. The molecule has 670 valence electrons. The van der Waals surface area contributed by atoms with E-state index < -0.39 is 0 Å². The van der Waals surface area contributed by atoms with Crippen molar-refractivity contribution in [3.8, 4) is 56.1 Å². The van der Waals surface area contributed by atoms with Crippen LogP contribution >= 0.6 is 31.9 Å². The van der Waals surface area contributed by atoms with Crippen LogP contribution in [0.15, 0.2) is 537 Å². The molecular weight excluding hydrogens is 1860 g/mol. The minimum atomic E-state index is 0.279. The Bertz CT molecular complexity index is 9180. The van der Waals surface area contributed by atoms with Crippen molar-refractivity contribution < 1.29 is 0 Å². The molecule has 9 heteroatoms. The number of hydrogen-bond donors (Lipinski definition) is 1. The van der Waals surface area contributed by atoms with E-state index in [9.17, 15) is 0 Å². The van der Waals surface area contributed by atoms with Gasteiger partial charge in [0.2, 0.25) is 0 Å². The molecule has 4 aromatic heterocycles. The number of fused-ring (bicyclic) bond motifs is 18. The third-order valence-corrected chi connectivity index (χ3v) is 29.4. The van der Waals surface area contributed by atoms with E-state index in [0.717, 1.165) is 104 Å². The molecule has 1 N–H and O–H groups in total. The van der Waals surface area contributed by atoms with Gasteiger partial charge >= 0.3 is 0 Å². The number of halogens is 2. The van der Waals surface area contributed by atoms with Gasteiger partial charge in [-0.1, -0.05) is 359 Å². The summed E-state index contributed by atoms with van der Waals surface area (Å²) in [4.78, 5) is 4.95. The van der Waals surface area contributed by atoms with Crippen LogP contribution in [0.5, 0.6) is 0 Å². The minimum Gasteiger partial charge on any atom is -0.355 e. The molecule has 0 saturated heterocycles. The highest BCUT2D eigenvalue weighted by molar-refractivity contribution is 9.10. The lowest BCUT2D eigenvalue weighted by atomic mass is 9.88. The van der Waals surface area contributed by atoms with Crippen LogP contribution < -0.4 is 15.1 Å². The second-order valence-corrected chi connectivity index (χ2v) is 38.4. The number of para-hydroxylation sites is 6. The first-order valence-electron chi connectivity index (χ1n) is 48.3. The maximum Gasteiger partial charge on any atom is 0.0542 e. The third-order valence-electron chi connectivity index (χ3n) is 28.4. The van der Waals surface area contributed by atoms with Crippen LogP contribution in [0, 0.1) is 0 Å². The smallest absolute Gasteiger partial charge is 0.0542 e. The highest BCUT2D eigenvalue weighted by atomic mass is 79.9. The summed E-state index contributed by atoms with van der Waals surface area (Å²) in [6, 6.07) is 191. The van der Waals surface area contributed by atoms with Crippen molar-refractivity contribution in [2.45, 2.75) is 5.92 Å². The van der Waals surface area contributed by atoms with Crippen molar-refractivity contribution in [2.75, 3.05) is 15.1 Å². The molecule has 7 nitrogen and oxygen atoms in total. The Morgan fingerprint density at radius 1 is 0.197 bits per heavy atom. The highest BCUT2D eigenvalue weighted by Gasteiger charge is 2.32. The van der Waals surface area contributed by atoms with Gasteiger partial charge in [0.05, 0.1) is 55.5 Å². The van der Waals surface area contributed by atoms with Crippen molar-refractivity contribution in [3.05, 3.63) is 553 Å². The van der Waals surface area contributed by atoms with Crippen LogP contribution in [0.4, 0.5) is 45.5 Å². The average Bonchev–Trinajstić information content (AvgIpc) is 1.57. The molecule has 1 aliphatic rings. The molecule has 27 aromatic rings. The molecule has 142 heavy (non-hydrogen) atoms. The molecular formula is C133H89Br2N7. The Hall–Kier alpha value is -17.6. The number of benzene rings is 23. The van der Waals surface area contributed by atoms with Gasteiger partial charge in [-0.3, -0.25) is 0 Å². The maximum absolute atomic E-state index is 3.64. The second kappa shape index (κ2) is 36.1. The van der Waals surface area contributed by atoms with Crippen LogP contribution in [-0.2, 0) is 0 Å². The summed E-state index contributed by atoms with van der Waals surface area (Å²) in [6.45, 7) is 0. The number of nitrogens with zero attached hydrogens (tertiary/aromatic N) is 6. The zero-order valence-electron chi connectivity index (χ0n) is 77.2. The molecule has 0 saturated carbocycles. The molecule has 1 aliphatic carbocycles. The van der Waals surface area contributed by atoms with Crippen LogP contribution in [-0.4, -0.2) is 18.3 Å². The van der Waals surface area contributed by atoms with Gasteiger partial charge in [-0.05, 0) is 266 Å². The number of hydrogen-bond acceptors (Lipinski definition) is 3. The Kier molecular flexibility index (Phi) is 21.6. The number of anilines is 8. The predicted molar refractivity (Wildman–Crippen MR) is 607 cm³/mol. The number of rotatable bonds is 15. The van der Waals surface area contributed by atoms with E-state index >= 15 is 0 Å². The summed E-state index contributed by atoms with van der Waals surface area (Å²) in [5.74, 6) is 0.279. The summed E-state index contributed by atoms with van der Waals surface area (Å²) >= 11 is 7.27. The van der Waals surface area contributed by atoms with Gasteiger partial charge in [0.25, 0.3) is 0 Å². The summed E-state index contributed by atoms with van der Waals surface area (Å²) in [5, 5.41) is 20.4. The monoisotopic (exact) mass is 1940 g/mol. The average molecular weight is 1950 g/mol. The Labute approximate surface area is 839 Å². The molecule has 23 aromatic carbocycles. The summed E-state index contributed by atoms with van der Waals surface area (Å²) < 4.78 is 11.8. The fraction of sp³-hybridized carbons (Fsp3) is 0.00752. The van der Waals surface area contributed by atoms with E-state index in [2.05, 4.69) is 593 Å². The standard InChI is InChI=1S/C80H53N5.C28H20N2.C25H16Br2/c1-4-20-54(21-5-1)55-38-40-60(41-39-55)85-79-48-44-63(81(73-36-18-24-56-22-10-12-30-65(56)73)61-42-46-77-69(50-61)67-32-14-16-34-75(67)83(77)58-26-6-2-7-27-58)52-71(79)72-53-64(45-49-80(72)85)82(74-37-19-25-57-23-11-13-31-66(57)74)62-43-47-78-70(51-62)68-33-15-17-35-76(68)84(78)59-28-8-3-9-29-59;1-2-11-22(12-3-1)30-27-16-7-6-14-24(27)25-19-21(17-18-28(25)30)29-26-15-8-10-20-9-4-5-13-23(20)26;26-19-10-12-21-23(14-19)24-15-20(27)11-13-22(24)25(21)18-8-6-17(7-9-18)16-4-2-1-3-5-16/h1-53H;1-19,29H;1-15,25H. The maximum atomic E-state index is 3.64. The first kappa shape index (κ1) is 84.9. The lowest BCUT2D eigenvalue weighted by molar-refractivity contribution is 1.01. The third kappa shape index (κ3) is 15.1. The molecule has 0 spiro atoms. The van der Waals surface area contributed by atoms with E-state index in [0.29, 0.717) is 0 Å². The molecule has 4 heterocycles. The van der Waals surface area contributed by atoms with E-state index in [1.54, 1.807) is 0 Å². The topological polar surface area (TPSA) is 38.2 Å². The normalized spacial score (nSPS) is 11.8. The first-order valence-corrected chi connectivity index (χ1v) is 49.9. The van der Waals surface area contributed by atoms with Gasteiger partial charge in [-0.15, -0.1) is 0 Å².